The molecule has 4 aromatic rings. The van der Waals surface area contributed by atoms with Crippen molar-refractivity contribution in [2.24, 2.45) is 5.73 Å². The Morgan fingerprint density at radius 2 is 0.733 bits per heavy atom. The number of hydrogen-bond acceptors (Lipinski definition) is 10. The molecule has 0 saturated heterocycles. The minimum Gasteiger partial charge on any atom is -0.506 e. The molecule has 0 radical (unpaired) electrons. The number of phenolic OH excluding ortho intramolecular Hbond substituents is 2. The van der Waals surface area contributed by atoms with E-state index < -0.39 is 24.0 Å². The first-order valence-corrected chi connectivity index (χ1v) is 41.0. The predicted octanol–water partition coefficient (Wildman–Crippen LogP) is 22.3. The molecule has 2 atom stereocenters. The van der Waals surface area contributed by atoms with Crippen molar-refractivity contribution < 1.29 is 49.1 Å². The van der Waals surface area contributed by atoms with Crippen LogP contribution >= 0.6 is 192 Å². The van der Waals surface area contributed by atoms with E-state index in [1.54, 1.807) is 24.3 Å². The lowest BCUT2D eigenvalue weighted by Crippen LogP contribution is -2.42. The molecule has 0 aliphatic rings. The third-order valence-electron chi connectivity index (χ3n) is 14.7. The number of aliphatic carboxylic acids is 2. The number of carboxylic acid groups (broad SMARTS) is 2. The number of carbonyl (C=O) groups excluding carboxylic acids is 2. The van der Waals surface area contributed by atoms with E-state index in [2.05, 4.69) is 226 Å². The largest absolute Gasteiger partial charge is 0.506 e. The number of carbonyl (C=O) groups is 4. The molecule has 90 heavy (non-hydrogen) atoms. The van der Waals surface area contributed by atoms with Crippen LogP contribution in [0.5, 0.6) is 34.5 Å². The van der Waals surface area contributed by atoms with E-state index in [0.29, 0.717) is 50.1 Å². The Morgan fingerprint density at radius 1 is 0.444 bits per heavy atom. The Morgan fingerprint density at radius 3 is 1.00 bits per heavy atom. The normalized spacial score (nSPS) is 11.6. The quantitative estimate of drug-likeness (QED) is 0.0139. The Balaban J connectivity index is 0.000000695. The molecule has 0 bridgehead atoms. The van der Waals surface area contributed by atoms with Gasteiger partial charge in [0.2, 0.25) is 11.1 Å². The molecule has 7 N–H and O–H groups in total. The molecule has 0 aliphatic heterocycles. The highest BCUT2D eigenvalue weighted by atomic mass is 127. The molecule has 4 rings (SSSR count). The van der Waals surface area contributed by atoms with Gasteiger partial charge in [-0.3, -0.25) is 14.4 Å². The minimum atomic E-state index is -1.04. The molecule has 2 unspecified atom stereocenters. The van der Waals surface area contributed by atoms with Crippen molar-refractivity contribution in [1.82, 2.24) is 10.2 Å². The van der Waals surface area contributed by atoms with Crippen molar-refractivity contribution in [2.45, 2.75) is 239 Å². The maximum absolute atomic E-state index is 12.5. The fourth-order valence-electron chi connectivity index (χ4n) is 9.39. The van der Waals surface area contributed by atoms with Crippen LogP contribution in [0.15, 0.2) is 48.5 Å². The third-order valence-corrected chi connectivity index (χ3v) is 21.4. The summed E-state index contributed by atoms with van der Waals surface area (Å²) in [6.07, 6.45) is 34.8. The highest BCUT2D eigenvalue weighted by Crippen LogP contribution is 2.39. The van der Waals surface area contributed by atoms with E-state index in [9.17, 15) is 34.5 Å². The summed E-state index contributed by atoms with van der Waals surface area (Å²) in [7, 11) is 0. The number of benzene rings is 4. The van der Waals surface area contributed by atoms with Gasteiger partial charge in [-0.15, -0.1) is 0 Å². The van der Waals surface area contributed by atoms with Crippen LogP contribution in [0.25, 0.3) is 0 Å². The van der Waals surface area contributed by atoms with Crippen LogP contribution in [0.2, 0.25) is 0 Å². The molecular formula is C68H98ClI8N3O10. The average Bonchev–Trinajstić information content (AvgIpc) is 1.29. The fraction of sp³-hybridized carbons (Fsp3) is 0.588. The molecule has 508 valence electrons. The van der Waals surface area contributed by atoms with Crippen LogP contribution in [0.4, 0.5) is 0 Å². The summed E-state index contributed by atoms with van der Waals surface area (Å²) in [6.45, 7) is 14.6. The molecule has 0 saturated carbocycles. The monoisotopic (exact) mass is 2170 g/mol. The fourth-order valence-corrected chi connectivity index (χ4v) is 17.2. The first-order valence-electron chi connectivity index (χ1n) is 32.0. The van der Waals surface area contributed by atoms with Gasteiger partial charge in [0.25, 0.3) is 0 Å². The number of nitrogens with zero attached hydrogens (tertiary/aromatic N) is 1. The van der Waals surface area contributed by atoms with Gasteiger partial charge in [-0.05, 0) is 291 Å². The molecule has 0 aromatic heterocycles. The second kappa shape index (κ2) is 54.2. The zero-order valence-corrected chi connectivity index (χ0v) is 71.3. The number of amides is 1. The Labute approximate surface area is 653 Å². The third kappa shape index (κ3) is 40.8. The van der Waals surface area contributed by atoms with E-state index >= 15 is 0 Å². The smallest absolute Gasteiger partial charge is 0.326 e. The zero-order chi connectivity index (χ0) is 67.4. The Hall–Kier alpha value is 0.210. The van der Waals surface area contributed by atoms with Gasteiger partial charge in [0.05, 0.1) is 28.6 Å². The van der Waals surface area contributed by atoms with Crippen LogP contribution in [0.1, 0.15) is 226 Å². The minimum absolute atomic E-state index is 0.182. The van der Waals surface area contributed by atoms with Crippen molar-refractivity contribution in [3.8, 4) is 34.5 Å². The van der Waals surface area contributed by atoms with Gasteiger partial charge in [0, 0.05) is 19.3 Å². The van der Waals surface area contributed by atoms with Crippen molar-refractivity contribution in [3.05, 3.63) is 88.2 Å². The van der Waals surface area contributed by atoms with Crippen molar-refractivity contribution in [1.29, 1.82) is 0 Å². The first kappa shape index (κ1) is 88.2. The Bertz CT molecular complexity index is 2610. The molecule has 4 aromatic carbocycles. The lowest BCUT2D eigenvalue weighted by molar-refractivity contribution is -0.141. The number of rotatable bonds is 42. The second-order valence-electron chi connectivity index (χ2n) is 22.2. The number of nitrogens with two attached hydrogens (primary N) is 1. The summed E-state index contributed by atoms with van der Waals surface area (Å²) in [5.41, 5.74) is 7.26. The summed E-state index contributed by atoms with van der Waals surface area (Å²) in [6, 6.07) is 12.7. The van der Waals surface area contributed by atoms with Gasteiger partial charge in [0.1, 0.15) is 35.1 Å². The molecule has 0 fully saturated rings. The lowest BCUT2D eigenvalue weighted by atomic mass is 10.0. The van der Waals surface area contributed by atoms with E-state index in [0.717, 1.165) is 57.5 Å². The number of hydrogen-bond donors (Lipinski definition) is 6. The van der Waals surface area contributed by atoms with Gasteiger partial charge in [-0.2, -0.15) is 0 Å². The highest BCUT2D eigenvalue weighted by molar-refractivity contribution is 14.1. The van der Waals surface area contributed by atoms with E-state index in [-0.39, 0.29) is 35.5 Å². The summed E-state index contributed by atoms with van der Waals surface area (Å²) < 4.78 is 18.3. The van der Waals surface area contributed by atoms with E-state index in [4.69, 9.17) is 31.9 Å². The van der Waals surface area contributed by atoms with Crippen LogP contribution in [0.3, 0.4) is 0 Å². The van der Waals surface area contributed by atoms with Crippen LogP contribution in [0, 0.1) is 28.6 Å². The maximum atomic E-state index is 12.5. The van der Waals surface area contributed by atoms with Gasteiger partial charge in [0.15, 0.2) is 11.5 Å². The molecule has 13 nitrogen and oxygen atoms in total. The van der Waals surface area contributed by atoms with E-state index in [1.807, 2.05) is 24.3 Å². The number of carboxylic acids is 2. The van der Waals surface area contributed by atoms with E-state index in [1.165, 1.54) is 154 Å². The lowest BCUT2D eigenvalue weighted by Gasteiger charge is -2.17. The summed E-state index contributed by atoms with van der Waals surface area (Å²) in [5, 5.41) is 41.1. The number of phenols is 2. The van der Waals surface area contributed by atoms with Crippen molar-refractivity contribution in [2.75, 3.05) is 19.6 Å². The van der Waals surface area contributed by atoms with Crippen LogP contribution in [-0.4, -0.2) is 80.1 Å². The van der Waals surface area contributed by atoms with Gasteiger partial charge in [-0.25, -0.2) is 4.79 Å². The number of ether oxygens (including phenoxy) is 2. The topological polar surface area (TPSA) is 209 Å². The number of halogens is 9. The van der Waals surface area contributed by atoms with Gasteiger partial charge in [-0.1, -0.05) is 189 Å². The number of unbranched alkanes of at least 4 members (excludes halogenated alkanes) is 24. The highest BCUT2D eigenvalue weighted by Gasteiger charge is 2.23. The van der Waals surface area contributed by atoms with Crippen molar-refractivity contribution in [3.63, 3.8) is 0 Å². The van der Waals surface area contributed by atoms with Crippen LogP contribution in [-0.2, 0) is 32.0 Å². The number of aromatic hydroxyl groups is 2. The maximum Gasteiger partial charge on any atom is 0.326 e. The summed E-state index contributed by atoms with van der Waals surface area (Å²) >= 11 is 22.2. The molecule has 0 aliphatic carbocycles. The average molecular weight is 2170 g/mol. The van der Waals surface area contributed by atoms with Crippen molar-refractivity contribution >= 4 is 215 Å². The predicted molar refractivity (Wildman–Crippen MR) is 439 cm³/mol. The van der Waals surface area contributed by atoms with Gasteiger partial charge < -0.3 is 45.9 Å². The standard InChI is InChI=1S/C31H41I4NO5.C16H31ClO.C15H11I4NO4.C6H15N/c1-2-3-4-5-6-7-8-9-10-11-12-13-14-15-28(37)36-27(31(39)40)18-21-16-25(34)30(26(35)17-21)41-22-19-23(32)29(38)24(33)20-22;1-2-3-4-5-6-7-8-9-10-11-12-13-14-15-16(17)18;16-8-4-7(5-9(17)13(8)21)24-14-10(18)1-6(2-11(14)19)3-12(20)15(22)23;1-4-7(5-2)6-3/h16-17,19-20,27,38H,2-15,18H2,1H3,(H,36,37)(H,39,40);2-15H2,1H3;1-2,4-5,12,21H,3,20H2,(H,22,23);4-6H2,1-3H3. The SMILES string of the molecule is CCCCCCCCCCCCCCCC(=O)Cl.CCCCCCCCCCCCCCCC(=O)NC(Cc1cc(I)c(Oc2cc(I)c(O)c(I)c2)c(I)c1)C(=O)O.CCN(CC)CC.NC(Cc1cc(I)c(Oc2cc(I)c(O)c(I)c2)c(I)c1)C(=O)O. The summed E-state index contributed by atoms with van der Waals surface area (Å²) in [4.78, 5) is 48.2. The zero-order valence-electron chi connectivity index (χ0n) is 53.3. The molecular weight excluding hydrogens is 2070 g/mol. The second-order valence-corrected chi connectivity index (χ2v) is 31.9. The number of nitrogens with one attached hydrogen (secondary N) is 1. The summed E-state index contributed by atoms with van der Waals surface area (Å²) in [5.74, 6) is 0.820. The Kier molecular flexibility index (Phi) is 53.1. The van der Waals surface area contributed by atoms with Crippen LogP contribution < -0.4 is 20.5 Å². The molecule has 0 heterocycles. The molecule has 22 heteroatoms. The first-order chi connectivity index (χ1) is 42.9. The van der Waals surface area contributed by atoms with Gasteiger partial charge >= 0.3 is 11.9 Å². The molecule has 1 amide bonds. The molecule has 0 spiro atoms.